The van der Waals surface area contributed by atoms with E-state index in [-0.39, 0.29) is 16.8 Å². The smallest absolute Gasteiger partial charge is 0.260 e. The van der Waals surface area contributed by atoms with Crippen LogP contribution in [0.5, 0.6) is 5.75 Å². The van der Waals surface area contributed by atoms with Crippen LogP contribution >= 0.6 is 0 Å². The molecule has 112 valence electrons. The predicted molar refractivity (Wildman–Crippen MR) is 76.1 cm³/mol. The van der Waals surface area contributed by atoms with Crippen molar-refractivity contribution in [3.63, 3.8) is 0 Å². The average molecular weight is 300 g/mol. The lowest BCUT2D eigenvalue weighted by atomic mass is 10.3. The molecule has 1 aromatic carbocycles. The van der Waals surface area contributed by atoms with Gasteiger partial charge < -0.3 is 10.1 Å². The lowest BCUT2D eigenvalue weighted by molar-refractivity contribution is -0.127. The number of hydrogen-bond donors (Lipinski definition) is 2. The van der Waals surface area contributed by atoms with E-state index in [1.807, 2.05) is 13.8 Å². The van der Waals surface area contributed by atoms with Gasteiger partial charge in [-0.2, -0.15) is 0 Å². The van der Waals surface area contributed by atoms with Gasteiger partial charge in [0.2, 0.25) is 10.0 Å². The highest BCUT2D eigenvalue weighted by Crippen LogP contribution is 2.16. The second kappa shape index (κ2) is 6.71. The molecule has 0 aliphatic rings. The highest BCUT2D eigenvalue weighted by molar-refractivity contribution is 7.89. The number of sulfonamides is 1. The number of amides is 1. The molecule has 1 rings (SSSR count). The molecule has 0 spiro atoms. The zero-order valence-corrected chi connectivity index (χ0v) is 12.8. The van der Waals surface area contributed by atoms with Gasteiger partial charge >= 0.3 is 0 Å². The molecule has 0 aromatic heterocycles. The number of carbonyl (C=O) groups is 1. The van der Waals surface area contributed by atoms with Gasteiger partial charge in [0.1, 0.15) is 5.75 Å². The van der Waals surface area contributed by atoms with Crippen LogP contribution in [0.3, 0.4) is 0 Å². The van der Waals surface area contributed by atoms with Crippen LogP contribution in [0.15, 0.2) is 29.2 Å². The van der Waals surface area contributed by atoms with Gasteiger partial charge in [0.15, 0.2) is 6.10 Å². The summed E-state index contributed by atoms with van der Waals surface area (Å²) in [6, 6.07) is 5.92. The zero-order valence-electron chi connectivity index (χ0n) is 12.0. The molecule has 0 aliphatic carbocycles. The molecular weight excluding hydrogens is 280 g/mol. The molecule has 0 fully saturated rings. The van der Waals surface area contributed by atoms with Crippen molar-refractivity contribution in [2.75, 3.05) is 7.05 Å². The minimum atomic E-state index is -3.46. The van der Waals surface area contributed by atoms with Crippen molar-refractivity contribution in [1.29, 1.82) is 0 Å². The Hall–Kier alpha value is -1.60. The fourth-order valence-electron chi connectivity index (χ4n) is 1.47. The highest BCUT2D eigenvalue weighted by Gasteiger charge is 2.16. The maximum absolute atomic E-state index is 11.7. The molecule has 6 nitrogen and oxygen atoms in total. The van der Waals surface area contributed by atoms with E-state index < -0.39 is 16.1 Å². The summed E-state index contributed by atoms with van der Waals surface area (Å²) in [5.41, 5.74) is 0. The van der Waals surface area contributed by atoms with E-state index in [0.717, 1.165) is 0 Å². The molecule has 7 heteroatoms. The van der Waals surface area contributed by atoms with Crippen molar-refractivity contribution in [3.8, 4) is 5.75 Å². The Balaban J connectivity index is 2.73. The maximum atomic E-state index is 11.7. The minimum absolute atomic E-state index is 0.0386. The van der Waals surface area contributed by atoms with E-state index in [1.54, 1.807) is 6.92 Å². The summed E-state index contributed by atoms with van der Waals surface area (Å²) < 4.78 is 30.8. The van der Waals surface area contributed by atoms with Gasteiger partial charge in [0, 0.05) is 6.04 Å². The van der Waals surface area contributed by atoms with Crippen molar-refractivity contribution in [2.24, 2.45) is 0 Å². The first-order valence-electron chi connectivity index (χ1n) is 6.27. The van der Waals surface area contributed by atoms with E-state index >= 15 is 0 Å². The Labute approximate surface area is 119 Å². The van der Waals surface area contributed by atoms with E-state index in [1.165, 1.54) is 31.3 Å². The standard InChI is InChI=1S/C13H20N2O4S/c1-9(2)15-13(16)10(3)19-11-5-7-12(8-6-11)20(17,18)14-4/h5-10,14H,1-4H3,(H,15,16)/t10-/m0/s1. The molecule has 0 aliphatic heterocycles. The molecule has 1 aromatic rings. The van der Waals surface area contributed by atoms with E-state index in [9.17, 15) is 13.2 Å². The van der Waals surface area contributed by atoms with E-state index in [2.05, 4.69) is 10.0 Å². The van der Waals surface area contributed by atoms with Crippen LogP contribution in [0.2, 0.25) is 0 Å². The minimum Gasteiger partial charge on any atom is -0.481 e. The van der Waals surface area contributed by atoms with Gasteiger partial charge in [-0.25, -0.2) is 13.1 Å². The topological polar surface area (TPSA) is 84.5 Å². The molecule has 0 radical (unpaired) electrons. The number of hydrogen-bond acceptors (Lipinski definition) is 4. The van der Waals surface area contributed by atoms with Crippen LogP contribution in [0.25, 0.3) is 0 Å². The third-order valence-electron chi connectivity index (χ3n) is 2.52. The van der Waals surface area contributed by atoms with Crippen molar-refractivity contribution < 1.29 is 17.9 Å². The van der Waals surface area contributed by atoms with Gasteiger partial charge in [-0.1, -0.05) is 0 Å². The molecule has 20 heavy (non-hydrogen) atoms. The number of benzene rings is 1. The molecular formula is C13H20N2O4S. The Morgan fingerprint density at radius 2 is 1.70 bits per heavy atom. The largest absolute Gasteiger partial charge is 0.481 e. The van der Waals surface area contributed by atoms with Gasteiger partial charge in [-0.05, 0) is 52.1 Å². The first-order chi connectivity index (χ1) is 9.26. The van der Waals surface area contributed by atoms with E-state index in [0.29, 0.717) is 5.75 Å². The molecule has 1 atom stereocenters. The second-order valence-electron chi connectivity index (χ2n) is 4.60. The third-order valence-corrected chi connectivity index (χ3v) is 3.95. The fourth-order valence-corrected chi connectivity index (χ4v) is 2.20. The normalized spacial score (nSPS) is 13.1. The Morgan fingerprint density at radius 1 is 1.15 bits per heavy atom. The van der Waals surface area contributed by atoms with E-state index in [4.69, 9.17) is 4.74 Å². The molecule has 1 amide bonds. The Kier molecular flexibility index (Phi) is 5.52. The van der Waals surface area contributed by atoms with Crippen LogP contribution in [-0.2, 0) is 14.8 Å². The first kappa shape index (κ1) is 16.5. The zero-order chi connectivity index (χ0) is 15.3. The third kappa shape index (κ3) is 4.50. The van der Waals surface area contributed by atoms with Gasteiger partial charge in [-0.15, -0.1) is 0 Å². The fraction of sp³-hybridized carbons (Fsp3) is 0.462. The summed E-state index contributed by atoms with van der Waals surface area (Å²) in [4.78, 5) is 11.8. The maximum Gasteiger partial charge on any atom is 0.260 e. The van der Waals surface area contributed by atoms with Crippen LogP contribution < -0.4 is 14.8 Å². The van der Waals surface area contributed by atoms with Gasteiger partial charge in [0.05, 0.1) is 4.90 Å². The Bertz CT molecular complexity index is 552. The molecule has 2 N–H and O–H groups in total. The number of ether oxygens (including phenoxy) is 1. The second-order valence-corrected chi connectivity index (χ2v) is 6.49. The van der Waals surface area contributed by atoms with Crippen LogP contribution in [0, 0.1) is 0 Å². The number of nitrogens with one attached hydrogen (secondary N) is 2. The summed E-state index contributed by atoms with van der Waals surface area (Å²) in [5.74, 6) is 0.221. The van der Waals surface area contributed by atoms with Crippen molar-refractivity contribution in [2.45, 2.75) is 37.8 Å². The molecule has 0 saturated carbocycles. The first-order valence-corrected chi connectivity index (χ1v) is 7.75. The molecule has 0 heterocycles. The van der Waals surface area contributed by atoms with Crippen LogP contribution in [-0.4, -0.2) is 33.5 Å². The van der Waals surface area contributed by atoms with Crippen LogP contribution in [0.1, 0.15) is 20.8 Å². The number of rotatable bonds is 6. The summed E-state index contributed by atoms with van der Waals surface area (Å²) in [6.07, 6.45) is -0.649. The lowest BCUT2D eigenvalue weighted by Crippen LogP contribution is -2.40. The van der Waals surface area contributed by atoms with Crippen molar-refractivity contribution in [3.05, 3.63) is 24.3 Å². The Morgan fingerprint density at radius 3 is 2.15 bits per heavy atom. The van der Waals surface area contributed by atoms with Gasteiger partial charge in [0.25, 0.3) is 5.91 Å². The highest BCUT2D eigenvalue weighted by atomic mass is 32.2. The summed E-state index contributed by atoms with van der Waals surface area (Å²) in [5, 5.41) is 2.74. The molecule has 0 bridgehead atoms. The number of carbonyl (C=O) groups excluding carboxylic acids is 1. The predicted octanol–water partition coefficient (Wildman–Crippen LogP) is 0.887. The average Bonchev–Trinajstić information content (AvgIpc) is 2.38. The summed E-state index contributed by atoms with van der Waals surface area (Å²) in [6.45, 7) is 5.36. The molecule has 0 saturated heterocycles. The van der Waals surface area contributed by atoms with Crippen molar-refractivity contribution in [1.82, 2.24) is 10.0 Å². The van der Waals surface area contributed by atoms with Gasteiger partial charge in [-0.3, -0.25) is 4.79 Å². The quantitative estimate of drug-likeness (QED) is 0.817. The SMILES string of the molecule is CNS(=O)(=O)c1ccc(O[C@@H](C)C(=O)NC(C)C)cc1. The monoisotopic (exact) mass is 300 g/mol. The van der Waals surface area contributed by atoms with Crippen molar-refractivity contribution >= 4 is 15.9 Å². The molecule has 0 unspecified atom stereocenters. The lowest BCUT2D eigenvalue weighted by Gasteiger charge is -2.16. The summed E-state index contributed by atoms with van der Waals surface area (Å²) >= 11 is 0. The van der Waals surface area contributed by atoms with Crippen LogP contribution in [0.4, 0.5) is 0 Å². The summed E-state index contributed by atoms with van der Waals surface area (Å²) in [7, 11) is -2.12.